The summed E-state index contributed by atoms with van der Waals surface area (Å²) in [5, 5.41) is 168. The fourth-order valence-corrected chi connectivity index (χ4v) is 17.0. The Hall–Kier alpha value is -14.7. The lowest BCUT2D eigenvalue weighted by Crippen LogP contribution is -2.00. The molecular formula is C105H90O15. The minimum absolute atomic E-state index is 0.127. The number of aromatic hydroxyl groups is 15. The van der Waals surface area contributed by atoms with Crippen molar-refractivity contribution in [2.45, 2.75) is 96.3 Å². The standard InChI is InChI=1S/3C35H30O5/c3*36-31-21-6-1-7-22(31)17-24-9-3-11-26(33(24)38)19-28-13-5-15-30(35(28)40)20-29-14-4-12-27(34(29)39)18-25-10-2-8-23(16-21)32(25)37/h3*1-15,36-40H,16-20H2. The molecule has 15 nitrogen and oxygen atoms in total. The van der Waals surface area contributed by atoms with Gasteiger partial charge < -0.3 is 76.6 Å². The van der Waals surface area contributed by atoms with Crippen LogP contribution < -0.4 is 0 Å². The molecule has 0 fully saturated rings. The van der Waals surface area contributed by atoms with Crippen LogP contribution in [0.1, 0.15) is 167 Å². The van der Waals surface area contributed by atoms with Gasteiger partial charge >= 0.3 is 0 Å². The van der Waals surface area contributed by atoms with E-state index in [0.717, 1.165) is 0 Å². The molecule has 0 radical (unpaired) electrons. The van der Waals surface area contributed by atoms with Gasteiger partial charge in [0.25, 0.3) is 0 Å². The largest absolute Gasteiger partial charge is 0.507 e. The van der Waals surface area contributed by atoms with Crippen LogP contribution >= 0.6 is 0 Å². The van der Waals surface area contributed by atoms with Gasteiger partial charge in [-0.25, -0.2) is 0 Å². The van der Waals surface area contributed by atoms with Crippen LogP contribution in [0.2, 0.25) is 0 Å². The molecule has 18 rings (SSSR count). The molecule has 0 aliphatic heterocycles. The minimum atomic E-state index is 0.127. The van der Waals surface area contributed by atoms with E-state index in [-0.39, 0.29) is 86.2 Å². The quantitative estimate of drug-likeness (QED) is 0.0671. The molecule has 3 aliphatic rings. The Balaban J connectivity index is 0.000000134. The van der Waals surface area contributed by atoms with Gasteiger partial charge in [-0.2, -0.15) is 0 Å². The normalized spacial score (nSPS) is 13.0. The summed E-state index contributed by atoms with van der Waals surface area (Å²) in [6.45, 7) is 0. The van der Waals surface area contributed by atoms with Crippen LogP contribution in [0.3, 0.4) is 0 Å². The van der Waals surface area contributed by atoms with Gasteiger partial charge in [-0.05, 0) is 167 Å². The van der Waals surface area contributed by atoms with Crippen LogP contribution in [-0.4, -0.2) is 76.6 Å². The highest BCUT2D eigenvalue weighted by Gasteiger charge is 2.25. The van der Waals surface area contributed by atoms with Gasteiger partial charge in [0, 0.05) is 96.3 Å². The van der Waals surface area contributed by atoms with Gasteiger partial charge in [0.2, 0.25) is 0 Å². The predicted octanol–water partition coefficient (Wildman–Crippen LogP) is 19.4. The minimum Gasteiger partial charge on any atom is -0.507 e. The SMILES string of the molecule is Oc1c2cccc1Cc1cccc(c1O)Cc1cccc(c1O)Cc1cccc(c1O)Cc1cccc(c1O)C2.Oc1c2cccc1Cc1cccc(c1O)Cc1cccc(c1O)Cc1cccc(c1O)Cc1cccc(c1O)C2.Oc1c2cccc1Cc1cccc(c1O)Cc1cccc(c1O)Cc1cccc(c1O)Cc1cccc(c1O)C2. The molecule has 15 aromatic rings. The number of phenolic OH excluding ortho intramolecular Hbond substituents is 15. The molecule has 0 heterocycles. The van der Waals surface area contributed by atoms with E-state index in [0.29, 0.717) is 263 Å². The maximum absolute atomic E-state index is 11.2. The van der Waals surface area contributed by atoms with Crippen molar-refractivity contribution in [1.82, 2.24) is 0 Å². The Kier molecular flexibility index (Phi) is 22.6. The number of para-hydroxylation sites is 15. The third-order valence-corrected chi connectivity index (χ3v) is 23.8. The van der Waals surface area contributed by atoms with E-state index in [1.807, 2.05) is 273 Å². The summed E-state index contributed by atoms with van der Waals surface area (Å²) >= 11 is 0. The predicted molar refractivity (Wildman–Crippen MR) is 464 cm³/mol. The van der Waals surface area contributed by atoms with Crippen molar-refractivity contribution in [3.05, 3.63) is 440 Å². The summed E-state index contributed by atoms with van der Waals surface area (Å²) in [6.07, 6.45) is 4.87. The number of fused-ring (bicyclic) bond motifs is 30. The number of benzene rings is 15. The van der Waals surface area contributed by atoms with Crippen molar-refractivity contribution >= 4 is 0 Å². The molecule has 15 N–H and O–H groups in total. The fourth-order valence-electron chi connectivity index (χ4n) is 17.0. The smallest absolute Gasteiger partial charge is 0.122 e. The highest BCUT2D eigenvalue weighted by atomic mass is 16.3. The van der Waals surface area contributed by atoms with Gasteiger partial charge in [-0.3, -0.25) is 0 Å². The van der Waals surface area contributed by atoms with Gasteiger partial charge in [0.1, 0.15) is 86.2 Å². The average Bonchev–Trinajstić information content (AvgIpc) is 0.802. The molecule has 0 aromatic heterocycles. The van der Waals surface area contributed by atoms with Crippen molar-refractivity contribution in [3.63, 3.8) is 0 Å². The lowest BCUT2D eigenvalue weighted by molar-refractivity contribution is 0.449. The summed E-state index contributed by atoms with van der Waals surface area (Å²) in [7, 11) is 0. The van der Waals surface area contributed by atoms with Crippen LogP contribution in [0.25, 0.3) is 0 Å². The van der Waals surface area contributed by atoms with Crippen molar-refractivity contribution < 1.29 is 76.6 Å². The van der Waals surface area contributed by atoms with E-state index in [1.54, 1.807) is 0 Å². The zero-order chi connectivity index (χ0) is 83.4. The summed E-state index contributed by atoms with van der Waals surface area (Å²) in [4.78, 5) is 0. The molecule has 15 aromatic carbocycles. The molecule has 0 amide bonds. The van der Waals surface area contributed by atoms with E-state index in [2.05, 4.69) is 0 Å². The molecule has 15 heteroatoms. The number of hydrogen-bond donors (Lipinski definition) is 15. The first-order valence-electron chi connectivity index (χ1n) is 40.1. The number of hydrogen-bond acceptors (Lipinski definition) is 15. The second kappa shape index (κ2) is 34.2. The Labute approximate surface area is 695 Å². The van der Waals surface area contributed by atoms with Gasteiger partial charge in [-0.15, -0.1) is 0 Å². The van der Waals surface area contributed by atoms with Crippen LogP contribution in [-0.2, 0) is 96.3 Å². The Morgan fingerprint density at radius 3 is 0.167 bits per heavy atom. The molecule has 0 saturated heterocycles. The van der Waals surface area contributed by atoms with Crippen LogP contribution in [0.15, 0.2) is 273 Å². The van der Waals surface area contributed by atoms with E-state index >= 15 is 0 Å². The zero-order valence-electron chi connectivity index (χ0n) is 65.8. The molecule has 0 atom stereocenters. The van der Waals surface area contributed by atoms with Crippen molar-refractivity contribution in [3.8, 4) is 86.2 Å². The van der Waals surface area contributed by atoms with Crippen LogP contribution in [0.4, 0.5) is 0 Å². The summed E-state index contributed by atoms with van der Waals surface area (Å²) in [5.74, 6) is 1.91. The van der Waals surface area contributed by atoms with E-state index in [9.17, 15) is 76.6 Å². The summed E-state index contributed by atoms with van der Waals surface area (Å²) in [5.41, 5.74) is 20.0. The van der Waals surface area contributed by atoms with Crippen molar-refractivity contribution in [1.29, 1.82) is 0 Å². The monoisotopic (exact) mass is 1590 g/mol. The van der Waals surface area contributed by atoms with Crippen LogP contribution in [0.5, 0.6) is 86.2 Å². The summed E-state index contributed by atoms with van der Waals surface area (Å²) in [6, 6.07) is 82.9. The lowest BCUT2D eigenvalue weighted by Gasteiger charge is -2.16. The molecule has 120 heavy (non-hydrogen) atoms. The molecule has 3 aliphatic carbocycles. The fraction of sp³-hybridized carbons (Fsp3) is 0.143. The third-order valence-electron chi connectivity index (χ3n) is 23.8. The molecule has 0 unspecified atom stereocenters. The van der Waals surface area contributed by atoms with Crippen molar-refractivity contribution in [2.24, 2.45) is 0 Å². The molecule has 0 saturated carbocycles. The number of rotatable bonds is 0. The highest BCUT2D eigenvalue weighted by Crippen LogP contribution is 2.44. The lowest BCUT2D eigenvalue weighted by atomic mass is 9.91. The zero-order valence-corrected chi connectivity index (χ0v) is 65.8. The highest BCUT2D eigenvalue weighted by molar-refractivity contribution is 5.62. The van der Waals surface area contributed by atoms with Gasteiger partial charge in [0.15, 0.2) is 0 Å². The van der Waals surface area contributed by atoms with E-state index < -0.39 is 0 Å². The average molecular weight is 1590 g/mol. The third kappa shape index (κ3) is 16.6. The number of phenols is 15. The van der Waals surface area contributed by atoms with Gasteiger partial charge in [-0.1, -0.05) is 273 Å². The Morgan fingerprint density at radius 1 is 0.0833 bits per heavy atom. The van der Waals surface area contributed by atoms with E-state index in [4.69, 9.17) is 0 Å². The van der Waals surface area contributed by atoms with Crippen LogP contribution in [0, 0.1) is 0 Å². The molecule has 600 valence electrons. The Morgan fingerprint density at radius 2 is 0.125 bits per heavy atom. The first-order chi connectivity index (χ1) is 58.2. The maximum atomic E-state index is 11.2. The van der Waals surface area contributed by atoms with Crippen molar-refractivity contribution in [2.75, 3.05) is 0 Å². The summed E-state index contributed by atoms with van der Waals surface area (Å²) < 4.78 is 0. The van der Waals surface area contributed by atoms with E-state index in [1.165, 1.54) is 0 Å². The first-order valence-corrected chi connectivity index (χ1v) is 40.1. The molecule has 30 bridgehead atoms. The second-order valence-corrected chi connectivity index (χ2v) is 31.5. The second-order valence-electron chi connectivity index (χ2n) is 31.5. The molecule has 0 spiro atoms. The first kappa shape index (κ1) is 79.2. The Bertz CT molecular complexity index is 4620. The topological polar surface area (TPSA) is 303 Å². The molecular weight excluding hydrogens is 1500 g/mol. The maximum Gasteiger partial charge on any atom is 0.122 e. The van der Waals surface area contributed by atoms with Gasteiger partial charge in [0.05, 0.1) is 0 Å².